The van der Waals surface area contributed by atoms with Gasteiger partial charge in [-0.3, -0.25) is 0 Å². The molecule has 0 atom stereocenters. The monoisotopic (exact) mass is 222 g/mol. The van der Waals surface area contributed by atoms with Gasteiger partial charge < -0.3 is 5.73 Å². The smallest absolute Gasteiger partial charge is 0.221 e. The van der Waals surface area contributed by atoms with Crippen molar-refractivity contribution in [2.24, 2.45) is 7.05 Å². The Bertz CT molecular complexity index is 459. The Morgan fingerprint density at radius 1 is 1.40 bits per heavy atom. The Labute approximate surface area is 90.9 Å². The van der Waals surface area contributed by atoms with E-state index in [1.807, 2.05) is 20.0 Å². The van der Waals surface area contributed by atoms with Crippen molar-refractivity contribution in [3.63, 3.8) is 0 Å². The molecule has 7 heteroatoms. The van der Waals surface area contributed by atoms with E-state index in [1.54, 1.807) is 4.68 Å². The summed E-state index contributed by atoms with van der Waals surface area (Å²) in [5.41, 5.74) is 6.39. The van der Waals surface area contributed by atoms with E-state index in [9.17, 15) is 0 Å². The van der Waals surface area contributed by atoms with Crippen LogP contribution in [0.2, 0.25) is 0 Å². The molecule has 0 bridgehead atoms. The summed E-state index contributed by atoms with van der Waals surface area (Å²) >= 11 is 1.41. The third-order valence-corrected chi connectivity index (χ3v) is 2.68. The number of nitrogens with two attached hydrogens (primary N) is 1. The molecule has 2 heterocycles. The lowest BCUT2D eigenvalue weighted by Crippen LogP contribution is -1.98. The van der Waals surface area contributed by atoms with E-state index in [-0.39, 0.29) is 5.95 Å². The van der Waals surface area contributed by atoms with Crippen molar-refractivity contribution >= 4 is 17.7 Å². The molecule has 0 saturated carbocycles. The number of aromatic nitrogens is 5. The zero-order valence-electron chi connectivity index (χ0n) is 8.38. The molecular weight excluding hydrogens is 212 g/mol. The van der Waals surface area contributed by atoms with Crippen molar-refractivity contribution in [2.75, 3.05) is 5.73 Å². The fourth-order valence-electron chi connectivity index (χ4n) is 1.09. The van der Waals surface area contributed by atoms with E-state index in [2.05, 4.69) is 20.1 Å². The van der Waals surface area contributed by atoms with E-state index in [1.165, 1.54) is 18.1 Å². The van der Waals surface area contributed by atoms with Crippen LogP contribution in [0.25, 0.3) is 0 Å². The molecule has 15 heavy (non-hydrogen) atoms. The van der Waals surface area contributed by atoms with Gasteiger partial charge >= 0.3 is 0 Å². The quantitative estimate of drug-likeness (QED) is 0.751. The van der Waals surface area contributed by atoms with Gasteiger partial charge in [-0.15, -0.1) is 0 Å². The normalized spacial score (nSPS) is 10.5. The van der Waals surface area contributed by atoms with Crippen molar-refractivity contribution < 1.29 is 0 Å². The van der Waals surface area contributed by atoms with Crippen LogP contribution in [-0.2, 0) is 7.05 Å². The molecule has 0 saturated heterocycles. The zero-order valence-corrected chi connectivity index (χ0v) is 9.19. The number of rotatable bonds is 2. The highest BCUT2D eigenvalue weighted by Crippen LogP contribution is 2.23. The van der Waals surface area contributed by atoms with Crippen LogP contribution < -0.4 is 5.73 Å². The summed E-state index contributed by atoms with van der Waals surface area (Å²) < 4.78 is 1.68. The van der Waals surface area contributed by atoms with Crippen molar-refractivity contribution in [3.05, 3.63) is 18.1 Å². The Balaban J connectivity index is 2.28. The second-order valence-corrected chi connectivity index (χ2v) is 3.96. The lowest BCUT2D eigenvalue weighted by Gasteiger charge is -2.01. The average Bonchev–Trinajstić information content (AvgIpc) is 2.50. The maximum absolute atomic E-state index is 5.55. The number of nitrogen functional groups attached to an aromatic ring is 1. The van der Waals surface area contributed by atoms with E-state index in [0.29, 0.717) is 0 Å². The first kappa shape index (κ1) is 9.91. The summed E-state index contributed by atoms with van der Waals surface area (Å²) in [5, 5.41) is 5.51. The van der Waals surface area contributed by atoms with Crippen LogP contribution in [0.3, 0.4) is 0 Å². The van der Waals surface area contributed by atoms with Gasteiger partial charge in [0.2, 0.25) is 5.95 Å². The molecule has 0 aliphatic heterocycles. The molecule has 0 aliphatic carbocycles. The molecule has 0 unspecified atom stereocenters. The number of hydrogen-bond acceptors (Lipinski definition) is 6. The third kappa shape index (κ3) is 2.24. The minimum absolute atomic E-state index is 0.277. The maximum Gasteiger partial charge on any atom is 0.221 e. The average molecular weight is 222 g/mol. The summed E-state index contributed by atoms with van der Waals surface area (Å²) in [4.78, 5) is 12.2. The molecule has 78 valence electrons. The maximum atomic E-state index is 5.55. The highest BCUT2D eigenvalue weighted by molar-refractivity contribution is 7.99. The van der Waals surface area contributed by atoms with Gasteiger partial charge in [-0.05, 0) is 24.8 Å². The summed E-state index contributed by atoms with van der Waals surface area (Å²) in [6, 6.07) is 1.86. The molecule has 0 aromatic carbocycles. The molecule has 0 aliphatic rings. The second kappa shape index (κ2) is 3.85. The first-order valence-electron chi connectivity index (χ1n) is 4.28. The largest absolute Gasteiger partial charge is 0.368 e. The highest BCUT2D eigenvalue weighted by Gasteiger charge is 2.06. The van der Waals surface area contributed by atoms with E-state index in [0.717, 1.165) is 15.9 Å². The summed E-state index contributed by atoms with van der Waals surface area (Å²) in [7, 11) is 1.83. The van der Waals surface area contributed by atoms with Gasteiger partial charge in [0.15, 0.2) is 5.16 Å². The molecule has 2 rings (SSSR count). The summed E-state index contributed by atoms with van der Waals surface area (Å²) in [6.07, 6.45) is 1.50. The predicted molar refractivity (Wildman–Crippen MR) is 56.3 cm³/mol. The van der Waals surface area contributed by atoms with Gasteiger partial charge in [0.1, 0.15) is 11.4 Å². The van der Waals surface area contributed by atoms with Gasteiger partial charge in [-0.25, -0.2) is 19.6 Å². The van der Waals surface area contributed by atoms with E-state index in [4.69, 9.17) is 5.73 Å². The van der Waals surface area contributed by atoms with Crippen LogP contribution in [0, 0.1) is 6.92 Å². The van der Waals surface area contributed by atoms with Crippen LogP contribution in [-0.4, -0.2) is 24.7 Å². The fraction of sp³-hybridized carbons (Fsp3) is 0.250. The third-order valence-electron chi connectivity index (χ3n) is 1.71. The number of anilines is 1. The molecule has 0 spiro atoms. The van der Waals surface area contributed by atoms with Gasteiger partial charge in [0.25, 0.3) is 0 Å². The van der Waals surface area contributed by atoms with Gasteiger partial charge in [0.05, 0.1) is 0 Å². The van der Waals surface area contributed by atoms with Crippen molar-refractivity contribution in [3.8, 4) is 0 Å². The molecule has 6 nitrogen and oxygen atoms in total. The molecule has 2 N–H and O–H groups in total. The summed E-state index contributed by atoms with van der Waals surface area (Å²) in [6.45, 7) is 1.87. The lowest BCUT2D eigenvalue weighted by molar-refractivity contribution is 0.684. The predicted octanol–water partition coefficient (Wildman–Crippen LogP) is 0.647. The van der Waals surface area contributed by atoms with Gasteiger partial charge in [0, 0.05) is 12.7 Å². The number of hydrogen-bond donors (Lipinski definition) is 1. The Morgan fingerprint density at radius 2 is 2.20 bits per heavy atom. The first-order valence-corrected chi connectivity index (χ1v) is 5.10. The molecule has 2 aromatic heterocycles. The molecule has 0 fully saturated rings. The van der Waals surface area contributed by atoms with E-state index < -0.39 is 0 Å². The van der Waals surface area contributed by atoms with Crippen LogP contribution in [0.4, 0.5) is 5.95 Å². The van der Waals surface area contributed by atoms with E-state index >= 15 is 0 Å². The standard InChI is InChI=1S/C8H10N6S/c1-5-3-6(13-7(9)12-5)15-8-10-4-11-14(8)2/h3-4H,1-2H3,(H2,9,12,13). The van der Waals surface area contributed by atoms with Crippen molar-refractivity contribution in [1.82, 2.24) is 24.7 Å². The minimum Gasteiger partial charge on any atom is -0.368 e. The molecule has 2 aromatic rings. The minimum atomic E-state index is 0.277. The Hall–Kier alpha value is -1.63. The van der Waals surface area contributed by atoms with Gasteiger partial charge in [-0.2, -0.15) is 5.10 Å². The number of nitrogens with zero attached hydrogens (tertiary/aromatic N) is 5. The second-order valence-electron chi connectivity index (χ2n) is 2.97. The van der Waals surface area contributed by atoms with Crippen molar-refractivity contribution in [1.29, 1.82) is 0 Å². The molecule has 0 radical (unpaired) electrons. The Morgan fingerprint density at radius 3 is 2.80 bits per heavy atom. The first-order chi connectivity index (χ1) is 7.15. The topological polar surface area (TPSA) is 82.5 Å². The van der Waals surface area contributed by atoms with Crippen LogP contribution in [0.1, 0.15) is 5.69 Å². The molecular formula is C8H10N6S. The van der Waals surface area contributed by atoms with Crippen molar-refractivity contribution in [2.45, 2.75) is 17.1 Å². The fourth-order valence-corrected chi connectivity index (χ4v) is 1.92. The van der Waals surface area contributed by atoms with Crippen LogP contribution in [0.15, 0.2) is 22.6 Å². The lowest BCUT2D eigenvalue weighted by atomic mass is 10.5. The van der Waals surface area contributed by atoms with Gasteiger partial charge in [-0.1, -0.05) is 0 Å². The molecule has 0 amide bonds. The van der Waals surface area contributed by atoms with Crippen LogP contribution >= 0.6 is 11.8 Å². The SMILES string of the molecule is Cc1cc(Sc2ncnn2C)nc(N)n1. The number of aryl methyl sites for hydroxylation is 2. The Kier molecular flexibility index (Phi) is 2.55. The van der Waals surface area contributed by atoms with Crippen LogP contribution in [0.5, 0.6) is 0 Å². The summed E-state index contributed by atoms with van der Waals surface area (Å²) in [5.74, 6) is 0.277. The highest BCUT2D eigenvalue weighted by atomic mass is 32.2. The zero-order chi connectivity index (χ0) is 10.8.